The van der Waals surface area contributed by atoms with E-state index < -0.39 is 17.9 Å². The maximum Gasteiger partial charge on any atom is 0.326 e. The van der Waals surface area contributed by atoms with Gasteiger partial charge in [0, 0.05) is 18.5 Å². The molecule has 0 saturated heterocycles. The number of aliphatic carboxylic acids is 1. The van der Waals surface area contributed by atoms with Crippen LogP contribution in [-0.4, -0.2) is 28.9 Å². The lowest BCUT2D eigenvalue weighted by Gasteiger charge is -2.12. The van der Waals surface area contributed by atoms with Crippen molar-refractivity contribution in [3.63, 3.8) is 0 Å². The molecule has 6 heteroatoms. The normalized spacial score (nSPS) is 11.8. The number of carbonyl (C=O) groups excluding carboxylic acids is 2. The molecule has 23 heavy (non-hydrogen) atoms. The zero-order valence-corrected chi connectivity index (χ0v) is 13.8. The predicted molar refractivity (Wildman–Crippen MR) is 86.9 cm³/mol. The summed E-state index contributed by atoms with van der Waals surface area (Å²) in [5.41, 5.74) is 1.27. The van der Waals surface area contributed by atoms with Crippen molar-refractivity contribution >= 4 is 17.8 Å². The van der Waals surface area contributed by atoms with Crippen molar-refractivity contribution < 1.29 is 19.5 Å². The quantitative estimate of drug-likeness (QED) is 0.682. The van der Waals surface area contributed by atoms with Crippen molar-refractivity contribution in [2.45, 2.75) is 46.2 Å². The topological polar surface area (TPSA) is 95.5 Å². The lowest BCUT2D eigenvalue weighted by atomic mass is 10.1. The van der Waals surface area contributed by atoms with Gasteiger partial charge in [-0.05, 0) is 30.0 Å². The molecule has 1 rings (SSSR count). The zero-order valence-electron chi connectivity index (χ0n) is 13.8. The molecule has 0 heterocycles. The van der Waals surface area contributed by atoms with Gasteiger partial charge in [-0.15, -0.1) is 0 Å². The Labute approximate surface area is 136 Å². The zero-order chi connectivity index (χ0) is 17.4. The van der Waals surface area contributed by atoms with Crippen molar-refractivity contribution in [2.24, 2.45) is 5.92 Å². The van der Waals surface area contributed by atoms with Gasteiger partial charge in [0.1, 0.15) is 6.04 Å². The van der Waals surface area contributed by atoms with E-state index >= 15 is 0 Å². The van der Waals surface area contributed by atoms with E-state index in [4.69, 9.17) is 5.11 Å². The van der Waals surface area contributed by atoms with E-state index in [1.54, 1.807) is 31.2 Å². The first-order valence-electron chi connectivity index (χ1n) is 7.72. The summed E-state index contributed by atoms with van der Waals surface area (Å²) in [4.78, 5) is 34.5. The number of benzene rings is 1. The van der Waals surface area contributed by atoms with E-state index in [0.717, 1.165) is 5.56 Å². The maximum atomic E-state index is 12.0. The molecular weight excluding hydrogens is 296 g/mol. The number of rotatable bonds is 8. The number of hydrogen-bond donors (Lipinski definition) is 3. The molecule has 1 aromatic rings. The van der Waals surface area contributed by atoms with Crippen LogP contribution in [0.5, 0.6) is 0 Å². The maximum absolute atomic E-state index is 12.0. The highest BCUT2D eigenvalue weighted by atomic mass is 16.4. The summed E-state index contributed by atoms with van der Waals surface area (Å²) in [6.07, 6.45) is 0.801. The highest BCUT2D eigenvalue weighted by Crippen LogP contribution is 2.06. The molecule has 1 unspecified atom stereocenters. The monoisotopic (exact) mass is 320 g/mol. The summed E-state index contributed by atoms with van der Waals surface area (Å²) in [5.74, 6) is -1.17. The third-order valence-corrected chi connectivity index (χ3v) is 3.31. The Morgan fingerprint density at radius 3 is 2.22 bits per heavy atom. The molecule has 0 aliphatic rings. The molecule has 126 valence electrons. The van der Waals surface area contributed by atoms with Gasteiger partial charge in [0.15, 0.2) is 0 Å². The lowest BCUT2D eigenvalue weighted by molar-refractivity contribution is -0.139. The molecule has 0 aliphatic heterocycles. The van der Waals surface area contributed by atoms with E-state index in [-0.39, 0.29) is 5.91 Å². The van der Waals surface area contributed by atoms with Gasteiger partial charge in [-0.25, -0.2) is 4.79 Å². The smallest absolute Gasteiger partial charge is 0.326 e. The molecule has 0 aliphatic carbocycles. The van der Waals surface area contributed by atoms with Gasteiger partial charge in [-0.2, -0.15) is 0 Å². The van der Waals surface area contributed by atoms with Crippen molar-refractivity contribution in [1.29, 1.82) is 0 Å². The summed E-state index contributed by atoms with van der Waals surface area (Å²) < 4.78 is 0. The van der Waals surface area contributed by atoms with Crippen LogP contribution >= 0.6 is 0 Å². The first-order chi connectivity index (χ1) is 10.8. The SMILES string of the molecule is CCC(NC(=O)c1ccc(CNC(=O)CC(C)C)cc1)C(=O)O. The van der Waals surface area contributed by atoms with Gasteiger partial charge in [0.05, 0.1) is 0 Å². The van der Waals surface area contributed by atoms with Crippen LogP contribution in [0.4, 0.5) is 0 Å². The summed E-state index contributed by atoms with van der Waals surface area (Å²) >= 11 is 0. The standard InChI is InChI=1S/C17H24N2O4/c1-4-14(17(22)23)19-16(21)13-7-5-12(6-8-13)10-18-15(20)9-11(2)3/h5-8,11,14H,4,9-10H2,1-3H3,(H,18,20)(H,19,21)(H,22,23). The summed E-state index contributed by atoms with van der Waals surface area (Å²) in [6, 6.07) is 5.83. The Hall–Kier alpha value is -2.37. The third kappa shape index (κ3) is 6.50. The molecule has 1 atom stereocenters. The second kappa shape index (κ2) is 8.92. The average molecular weight is 320 g/mol. The molecule has 0 radical (unpaired) electrons. The molecule has 0 aromatic heterocycles. The average Bonchev–Trinajstić information content (AvgIpc) is 2.49. The Morgan fingerprint density at radius 2 is 1.74 bits per heavy atom. The van der Waals surface area contributed by atoms with Crippen molar-refractivity contribution in [3.8, 4) is 0 Å². The van der Waals surface area contributed by atoms with Crippen molar-refractivity contribution in [2.75, 3.05) is 0 Å². The third-order valence-electron chi connectivity index (χ3n) is 3.31. The van der Waals surface area contributed by atoms with Gasteiger partial charge in [0.2, 0.25) is 5.91 Å². The van der Waals surface area contributed by atoms with Crippen LogP contribution in [0.15, 0.2) is 24.3 Å². The Morgan fingerprint density at radius 1 is 1.13 bits per heavy atom. The van der Waals surface area contributed by atoms with Crippen LogP contribution in [0.3, 0.4) is 0 Å². The van der Waals surface area contributed by atoms with Crippen LogP contribution in [-0.2, 0) is 16.1 Å². The summed E-state index contributed by atoms with van der Waals surface area (Å²) in [7, 11) is 0. The fourth-order valence-corrected chi connectivity index (χ4v) is 2.00. The summed E-state index contributed by atoms with van der Waals surface area (Å²) in [6.45, 7) is 6.06. The van der Waals surface area contributed by atoms with Crippen LogP contribution < -0.4 is 10.6 Å². The largest absolute Gasteiger partial charge is 0.480 e. The Bertz CT molecular complexity index is 552. The lowest BCUT2D eigenvalue weighted by Crippen LogP contribution is -2.40. The Kier molecular flexibility index (Phi) is 7.25. The molecule has 2 amide bonds. The van der Waals surface area contributed by atoms with Gasteiger partial charge in [-0.1, -0.05) is 32.9 Å². The van der Waals surface area contributed by atoms with E-state index in [9.17, 15) is 14.4 Å². The summed E-state index contributed by atoms with van der Waals surface area (Å²) in [5, 5.41) is 14.2. The molecule has 3 N–H and O–H groups in total. The molecular formula is C17H24N2O4. The number of hydrogen-bond acceptors (Lipinski definition) is 3. The minimum absolute atomic E-state index is 0.00550. The number of carboxylic acids is 1. The van der Waals surface area contributed by atoms with Crippen LogP contribution in [0.25, 0.3) is 0 Å². The van der Waals surface area contributed by atoms with Gasteiger partial charge in [-0.3, -0.25) is 9.59 Å². The molecule has 0 saturated carbocycles. The fraction of sp³-hybridized carbons (Fsp3) is 0.471. The van der Waals surface area contributed by atoms with Crippen LogP contribution in [0.1, 0.15) is 49.5 Å². The molecule has 0 spiro atoms. The van der Waals surface area contributed by atoms with E-state index in [0.29, 0.717) is 30.9 Å². The number of carboxylic acid groups (broad SMARTS) is 1. The number of amides is 2. The second-order valence-electron chi connectivity index (χ2n) is 5.84. The molecule has 1 aromatic carbocycles. The van der Waals surface area contributed by atoms with E-state index in [1.165, 1.54) is 0 Å². The first kappa shape index (κ1) is 18.7. The first-order valence-corrected chi connectivity index (χ1v) is 7.72. The van der Waals surface area contributed by atoms with Crippen molar-refractivity contribution in [1.82, 2.24) is 10.6 Å². The second-order valence-corrected chi connectivity index (χ2v) is 5.84. The Balaban J connectivity index is 2.57. The number of carbonyl (C=O) groups is 3. The number of nitrogens with one attached hydrogen (secondary N) is 2. The molecule has 6 nitrogen and oxygen atoms in total. The van der Waals surface area contributed by atoms with Gasteiger partial charge < -0.3 is 15.7 Å². The van der Waals surface area contributed by atoms with Crippen molar-refractivity contribution in [3.05, 3.63) is 35.4 Å². The highest BCUT2D eigenvalue weighted by Gasteiger charge is 2.18. The highest BCUT2D eigenvalue weighted by molar-refractivity contribution is 5.96. The fourth-order valence-electron chi connectivity index (χ4n) is 2.00. The molecule has 0 bridgehead atoms. The van der Waals surface area contributed by atoms with E-state index in [2.05, 4.69) is 10.6 Å². The van der Waals surface area contributed by atoms with Gasteiger partial charge >= 0.3 is 5.97 Å². The van der Waals surface area contributed by atoms with Crippen LogP contribution in [0.2, 0.25) is 0 Å². The molecule has 0 fully saturated rings. The van der Waals surface area contributed by atoms with Gasteiger partial charge in [0.25, 0.3) is 5.91 Å². The minimum atomic E-state index is -1.05. The predicted octanol–water partition coefficient (Wildman–Crippen LogP) is 1.94. The van der Waals surface area contributed by atoms with Crippen LogP contribution in [0, 0.1) is 5.92 Å². The van der Waals surface area contributed by atoms with E-state index in [1.807, 2.05) is 13.8 Å². The minimum Gasteiger partial charge on any atom is -0.480 e.